The molecule has 0 saturated carbocycles. The van der Waals surface area contributed by atoms with E-state index in [2.05, 4.69) is 34.3 Å². The number of nitrogens with zero attached hydrogens (tertiary/aromatic N) is 3. The molecule has 1 atom stereocenters. The second kappa shape index (κ2) is 11.2. The number of carbonyl (C=O) groups excluding carboxylic acids is 1. The van der Waals surface area contributed by atoms with E-state index in [1.807, 2.05) is 18.3 Å². The van der Waals surface area contributed by atoms with Crippen LogP contribution in [0.5, 0.6) is 0 Å². The van der Waals surface area contributed by atoms with Gasteiger partial charge in [-0.2, -0.15) is 0 Å². The van der Waals surface area contributed by atoms with Gasteiger partial charge in [-0.15, -0.1) is 24.8 Å². The van der Waals surface area contributed by atoms with Crippen molar-refractivity contribution in [3.05, 3.63) is 59.7 Å². The molecule has 0 amide bonds. The number of hydrogen-bond donors (Lipinski definition) is 1. The van der Waals surface area contributed by atoms with E-state index >= 15 is 0 Å². The Morgan fingerprint density at radius 3 is 2.67 bits per heavy atom. The number of pyridine rings is 2. The van der Waals surface area contributed by atoms with Crippen LogP contribution in [-0.2, 0) is 5.41 Å². The highest BCUT2D eigenvalue weighted by Gasteiger charge is 2.38. The van der Waals surface area contributed by atoms with E-state index in [1.165, 1.54) is 11.3 Å². The number of nitrogens with one attached hydrogen (secondary N) is 1. The molecule has 7 heteroatoms. The van der Waals surface area contributed by atoms with Gasteiger partial charge in [0, 0.05) is 54.3 Å². The zero-order valence-corrected chi connectivity index (χ0v) is 19.2. The number of likely N-dealkylation sites (tertiary alicyclic amines) is 1. The molecule has 4 rings (SSSR count). The minimum Gasteiger partial charge on any atom is -0.317 e. The second-order valence-corrected chi connectivity index (χ2v) is 8.43. The van der Waals surface area contributed by atoms with Crippen molar-refractivity contribution in [2.24, 2.45) is 5.92 Å². The lowest BCUT2D eigenvalue weighted by Crippen LogP contribution is -2.51. The molecule has 2 fully saturated rings. The van der Waals surface area contributed by atoms with Crippen molar-refractivity contribution in [3.63, 3.8) is 0 Å². The molecule has 1 N–H and O–H groups in total. The van der Waals surface area contributed by atoms with Crippen LogP contribution in [0, 0.1) is 12.8 Å². The van der Waals surface area contributed by atoms with E-state index in [0.717, 1.165) is 64.0 Å². The maximum Gasteiger partial charge on any atom is 0.168 e. The third-order valence-electron chi connectivity index (χ3n) is 6.36. The molecule has 4 heterocycles. The van der Waals surface area contributed by atoms with Crippen molar-refractivity contribution in [2.45, 2.75) is 38.0 Å². The maximum absolute atomic E-state index is 12.9. The third kappa shape index (κ3) is 5.58. The molecule has 0 spiro atoms. The fraction of sp³-hybridized carbons (Fsp3) is 0.522. The molecule has 0 aliphatic carbocycles. The number of carbonyl (C=O) groups is 1. The van der Waals surface area contributed by atoms with Gasteiger partial charge in [0.2, 0.25) is 0 Å². The topological polar surface area (TPSA) is 58.1 Å². The van der Waals surface area contributed by atoms with Crippen molar-refractivity contribution < 1.29 is 4.79 Å². The molecule has 2 aromatic rings. The highest BCUT2D eigenvalue weighted by Crippen LogP contribution is 2.35. The minimum atomic E-state index is 0. The van der Waals surface area contributed by atoms with E-state index in [-0.39, 0.29) is 41.9 Å². The fourth-order valence-corrected chi connectivity index (χ4v) is 4.77. The number of aromatic nitrogens is 2. The molecule has 0 radical (unpaired) electrons. The summed E-state index contributed by atoms with van der Waals surface area (Å²) >= 11 is 0. The second-order valence-electron chi connectivity index (χ2n) is 8.43. The Hall–Kier alpha value is -1.53. The Labute approximate surface area is 191 Å². The van der Waals surface area contributed by atoms with Crippen LogP contribution in [-0.4, -0.2) is 53.4 Å². The minimum absolute atomic E-state index is 0. The lowest BCUT2D eigenvalue weighted by atomic mass is 9.74. The number of aryl methyl sites for hydroxylation is 1. The predicted octanol–water partition coefficient (Wildman–Crippen LogP) is 3.84. The van der Waals surface area contributed by atoms with E-state index in [4.69, 9.17) is 4.98 Å². The summed E-state index contributed by atoms with van der Waals surface area (Å²) in [5, 5.41) is 3.50. The summed E-state index contributed by atoms with van der Waals surface area (Å²) < 4.78 is 0. The monoisotopic (exact) mass is 450 g/mol. The van der Waals surface area contributed by atoms with Gasteiger partial charge >= 0.3 is 0 Å². The van der Waals surface area contributed by atoms with Crippen molar-refractivity contribution in [3.8, 4) is 0 Å². The van der Waals surface area contributed by atoms with Gasteiger partial charge in [0.15, 0.2) is 5.78 Å². The van der Waals surface area contributed by atoms with Gasteiger partial charge in [0.05, 0.1) is 0 Å². The van der Waals surface area contributed by atoms with Crippen molar-refractivity contribution in [2.75, 3.05) is 32.7 Å². The van der Waals surface area contributed by atoms with Crippen LogP contribution >= 0.6 is 24.8 Å². The molecule has 1 unspecified atom stereocenters. The van der Waals surface area contributed by atoms with Crippen LogP contribution in [0.2, 0.25) is 0 Å². The van der Waals surface area contributed by atoms with Crippen LogP contribution < -0.4 is 5.32 Å². The Morgan fingerprint density at radius 1 is 1.20 bits per heavy atom. The molecule has 2 aromatic heterocycles. The normalized spacial score (nSPS) is 21.2. The first kappa shape index (κ1) is 24.7. The number of ketones is 1. The summed E-state index contributed by atoms with van der Waals surface area (Å²) in [6.07, 6.45) is 9.66. The average Bonchev–Trinajstić information content (AvgIpc) is 2.75. The largest absolute Gasteiger partial charge is 0.317 e. The molecule has 5 nitrogen and oxygen atoms in total. The van der Waals surface area contributed by atoms with Crippen LogP contribution in [0.15, 0.2) is 42.9 Å². The van der Waals surface area contributed by atoms with Crippen molar-refractivity contribution >= 4 is 30.6 Å². The van der Waals surface area contributed by atoms with E-state index < -0.39 is 0 Å². The zero-order valence-electron chi connectivity index (χ0n) is 17.5. The maximum atomic E-state index is 12.9. The molecule has 2 aliphatic rings. The highest BCUT2D eigenvalue weighted by atomic mass is 35.5. The van der Waals surface area contributed by atoms with Gasteiger partial charge in [-0.25, -0.2) is 0 Å². The fourth-order valence-electron chi connectivity index (χ4n) is 4.77. The molecule has 0 aromatic carbocycles. The molecule has 2 aliphatic heterocycles. The van der Waals surface area contributed by atoms with E-state index in [0.29, 0.717) is 0 Å². The van der Waals surface area contributed by atoms with Gasteiger partial charge in [-0.05, 0) is 76.0 Å². The van der Waals surface area contributed by atoms with Crippen LogP contribution in [0.3, 0.4) is 0 Å². The Balaban J connectivity index is 0.00000160. The number of halogens is 2. The van der Waals surface area contributed by atoms with Crippen molar-refractivity contribution in [1.82, 2.24) is 20.2 Å². The standard InChI is InChI=1S/C23H30N4O.2ClH/c1-18-6-7-21(26-14-18)23(8-11-24-12-9-23)17-27-13-3-5-20(16-27)22(28)19-4-2-10-25-15-19;;/h2,4,6-7,10,14-15,20,24H,3,5,8-9,11-13,16-17H2,1H3;2*1H. The number of Topliss-reactive ketones (excluding diaryl/α,β-unsaturated/α-hetero) is 1. The van der Waals surface area contributed by atoms with E-state index in [9.17, 15) is 4.79 Å². The summed E-state index contributed by atoms with van der Waals surface area (Å²) in [6.45, 7) is 7.04. The Morgan fingerprint density at radius 2 is 2.00 bits per heavy atom. The van der Waals surface area contributed by atoms with Gasteiger partial charge in [-0.3, -0.25) is 14.8 Å². The average molecular weight is 451 g/mol. The lowest BCUT2D eigenvalue weighted by Gasteiger charge is -2.43. The van der Waals surface area contributed by atoms with Gasteiger partial charge in [0.1, 0.15) is 0 Å². The highest BCUT2D eigenvalue weighted by molar-refractivity contribution is 5.97. The summed E-state index contributed by atoms with van der Waals surface area (Å²) in [5.74, 6) is 0.313. The van der Waals surface area contributed by atoms with Crippen LogP contribution in [0.1, 0.15) is 47.3 Å². The third-order valence-corrected chi connectivity index (χ3v) is 6.36. The summed E-state index contributed by atoms with van der Waals surface area (Å²) in [5.41, 5.74) is 3.23. The Bertz CT molecular complexity index is 795. The van der Waals surface area contributed by atoms with E-state index in [1.54, 1.807) is 12.4 Å². The number of rotatable bonds is 5. The summed E-state index contributed by atoms with van der Waals surface area (Å²) in [6, 6.07) is 8.12. The smallest absolute Gasteiger partial charge is 0.168 e. The van der Waals surface area contributed by atoms with Gasteiger partial charge in [0.25, 0.3) is 0 Å². The molecule has 164 valence electrons. The predicted molar refractivity (Wildman–Crippen MR) is 125 cm³/mol. The Kier molecular flexibility index (Phi) is 9.23. The summed E-state index contributed by atoms with van der Waals surface area (Å²) in [7, 11) is 0. The lowest BCUT2D eigenvalue weighted by molar-refractivity contribution is 0.0761. The number of hydrogen-bond acceptors (Lipinski definition) is 5. The van der Waals surface area contributed by atoms with Crippen LogP contribution in [0.25, 0.3) is 0 Å². The first-order chi connectivity index (χ1) is 13.7. The van der Waals surface area contributed by atoms with Gasteiger partial charge < -0.3 is 10.2 Å². The number of piperidine rings is 2. The first-order valence-corrected chi connectivity index (χ1v) is 10.5. The molecular formula is C23H32Cl2N4O. The molecule has 2 saturated heterocycles. The summed E-state index contributed by atoms with van der Waals surface area (Å²) in [4.78, 5) is 24.4. The first-order valence-electron chi connectivity index (χ1n) is 10.5. The SMILES string of the molecule is Cc1ccc(C2(CN3CCCC(C(=O)c4cccnc4)C3)CCNCC2)nc1.Cl.Cl. The van der Waals surface area contributed by atoms with Gasteiger partial charge in [-0.1, -0.05) is 6.07 Å². The zero-order chi connectivity index (χ0) is 19.4. The molecule has 30 heavy (non-hydrogen) atoms. The molecule has 0 bridgehead atoms. The van der Waals surface area contributed by atoms with Crippen molar-refractivity contribution in [1.29, 1.82) is 0 Å². The molecular weight excluding hydrogens is 419 g/mol. The van der Waals surface area contributed by atoms with Crippen LogP contribution in [0.4, 0.5) is 0 Å². The quantitative estimate of drug-likeness (QED) is 0.700.